The second-order valence-corrected chi connectivity index (χ2v) is 7.75. The van der Waals surface area contributed by atoms with Gasteiger partial charge < -0.3 is 10.6 Å². The van der Waals surface area contributed by atoms with Crippen molar-refractivity contribution < 1.29 is 9.59 Å². The molecule has 1 aliphatic heterocycles. The molecular weight excluding hydrogens is 296 g/mol. The van der Waals surface area contributed by atoms with Crippen molar-refractivity contribution in [3.8, 4) is 0 Å². The average Bonchev–Trinajstić information content (AvgIpc) is 3.09. The van der Waals surface area contributed by atoms with Crippen LogP contribution in [-0.4, -0.2) is 17.6 Å². The van der Waals surface area contributed by atoms with Gasteiger partial charge in [0, 0.05) is 17.0 Å². The monoisotopic (exact) mass is 316 g/mol. The molecule has 4 rings (SSSR count). The number of hydrogen-bond donors (Lipinski definition) is 2. The molecule has 0 aromatic heterocycles. The van der Waals surface area contributed by atoms with E-state index in [1.165, 1.54) is 37.4 Å². The van der Waals surface area contributed by atoms with Crippen LogP contribution in [0.3, 0.4) is 0 Å². The largest absolute Gasteiger partial charge is 0.326 e. The number of hydrogen-bond acceptors (Lipinski definition) is 3. The van der Waals surface area contributed by atoms with Crippen molar-refractivity contribution in [2.24, 2.45) is 17.8 Å². The molecule has 2 bridgehead atoms. The van der Waals surface area contributed by atoms with Crippen LogP contribution in [0.4, 0.5) is 11.4 Å². The van der Waals surface area contributed by atoms with Gasteiger partial charge in [-0.25, -0.2) is 0 Å². The molecule has 2 N–H and O–H groups in total. The Hall–Kier alpha value is -1.49. The van der Waals surface area contributed by atoms with Crippen molar-refractivity contribution in [1.29, 1.82) is 0 Å². The van der Waals surface area contributed by atoms with Gasteiger partial charge in [-0.2, -0.15) is 0 Å². The minimum Gasteiger partial charge on any atom is -0.326 e. The first-order chi connectivity index (χ1) is 10.7. The maximum absolute atomic E-state index is 12.3. The Morgan fingerprint density at radius 1 is 1.32 bits per heavy atom. The van der Waals surface area contributed by atoms with E-state index >= 15 is 0 Å². The van der Waals surface area contributed by atoms with Crippen LogP contribution in [0.1, 0.15) is 32.1 Å². The van der Waals surface area contributed by atoms with Gasteiger partial charge in [0.25, 0.3) is 0 Å². The number of amides is 2. The molecule has 3 aliphatic rings. The Kier molecular flexibility index (Phi) is 3.60. The Bertz CT molecular complexity index is 631. The first kappa shape index (κ1) is 14.1. The normalized spacial score (nSPS) is 29.1. The Balaban J connectivity index is 1.39. The van der Waals surface area contributed by atoms with Crippen molar-refractivity contribution in [2.45, 2.75) is 37.0 Å². The Morgan fingerprint density at radius 3 is 3.00 bits per heavy atom. The van der Waals surface area contributed by atoms with Crippen LogP contribution < -0.4 is 10.6 Å². The van der Waals surface area contributed by atoms with Gasteiger partial charge in [0.2, 0.25) is 11.8 Å². The number of nitrogens with one attached hydrogen (secondary N) is 2. The average molecular weight is 316 g/mol. The zero-order valence-corrected chi connectivity index (χ0v) is 13.2. The summed E-state index contributed by atoms with van der Waals surface area (Å²) in [6.07, 6.45) is 5.88. The summed E-state index contributed by atoms with van der Waals surface area (Å²) < 4.78 is 0. The third-order valence-electron chi connectivity index (χ3n) is 5.23. The fraction of sp³-hybridized carbons (Fsp3) is 0.529. The van der Waals surface area contributed by atoms with E-state index in [2.05, 4.69) is 10.6 Å². The molecular formula is C17H20N2O2S. The topological polar surface area (TPSA) is 58.2 Å². The molecule has 1 aromatic rings. The molecule has 3 atom stereocenters. The number of carbonyl (C=O) groups is 2. The van der Waals surface area contributed by atoms with E-state index < -0.39 is 0 Å². The summed E-state index contributed by atoms with van der Waals surface area (Å²) in [6.45, 7) is 0. The molecule has 3 unspecified atom stereocenters. The summed E-state index contributed by atoms with van der Waals surface area (Å²) in [6, 6.07) is 5.74. The lowest BCUT2D eigenvalue weighted by molar-refractivity contribution is -0.117. The molecule has 116 valence electrons. The molecule has 0 radical (unpaired) electrons. The highest BCUT2D eigenvalue weighted by Crippen LogP contribution is 2.49. The van der Waals surface area contributed by atoms with Gasteiger partial charge in [-0.1, -0.05) is 6.42 Å². The van der Waals surface area contributed by atoms with Crippen molar-refractivity contribution in [3.05, 3.63) is 18.2 Å². The molecule has 4 nitrogen and oxygen atoms in total. The zero-order chi connectivity index (χ0) is 15.1. The van der Waals surface area contributed by atoms with Gasteiger partial charge in [0.15, 0.2) is 0 Å². The van der Waals surface area contributed by atoms with E-state index in [4.69, 9.17) is 0 Å². The van der Waals surface area contributed by atoms with Crippen LogP contribution in [0.5, 0.6) is 0 Å². The first-order valence-corrected chi connectivity index (χ1v) is 9.02. The molecule has 2 fully saturated rings. The summed E-state index contributed by atoms with van der Waals surface area (Å²) in [7, 11) is 0. The second-order valence-electron chi connectivity index (χ2n) is 6.74. The highest BCUT2D eigenvalue weighted by molar-refractivity contribution is 8.00. The van der Waals surface area contributed by atoms with Crippen LogP contribution in [0.15, 0.2) is 23.1 Å². The molecule has 1 heterocycles. The molecule has 2 amide bonds. The zero-order valence-electron chi connectivity index (χ0n) is 12.4. The molecule has 0 saturated heterocycles. The molecule has 1 aromatic carbocycles. The van der Waals surface area contributed by atoms with Crippen LogP contribution in [0, 0.1) is 17.8 Å². The summed E-state index contributed by atoms with van der Waals surface area (Å²) in [4.78, 5) is 24.8. The van der Waals surface area contributed by atoms with Crippen molar-refractivity contribution in [1.82, 2.24) is 0 Å². The number of thioether (sulfide) groups is 1. The van der Waals surface area contributed by atoms with Crippen LogP contribution >= 0.6 is 11.8 Å². The van der Waals surface area contributed by atoms with Gasteiger partial charge in [-0.3, -0.25) is 9.59 Å². The quantitative estimate of drug-likeness (QED) is 0.897. The predicted molar refractivity (Wildman–Crippen MR) is 88.0 cm³/mol. The van der Waals surface area contributed by atoms with E-state index in [1.54, 1.807) is 0 Å². The fourth-order valence-corrected chi connectivity index (χ4v) is 5.03. The summed E-state index contributed by atoms with van der Waals surface area (Å²) >= 11 is 1.53. The number of anilines is 2. The lowest BCUT2D eigenvalue weighted by Gasteiger charge is -2.21. The standard InChI is InChI=1S/C17H20N2O2S/c20-16(7-12-6-10-1-2-11(12)5-10)18-13-3-4-15-14(8-13)19-17(21)9-22-15/h3-4,8,10-12H,1-2,5-7,9H2,(H,18,20)(H,19,21). The minimum absolute atomic E-state index is 0.0166. The van der Waals surface area contributed by atoms with Gasteiger partial charge in [0.05, 0.1) is 11.4 Å². The summed E-state index contributed by atoms with van der Waals surface area (Å²) in [5, 5.41) is 5.85. The predicted octanol–water partition coefficient (Wildman–Crippen LogP) is 3.50. The summed E-state index contributed by atoms with van der Waals surface area (Å²) in [5.74, 6) is 2.80. The first-order valence-electron chi connectivity index (χ1n) is 8.04. The molecule has 0 spiro atoms. The number of carbonyl (C=O) groups excluding carboxylic acids is 2. The third kappa shape index (κ3) is 2.74. The SMILES string of the molecule is O=C(CC1CC2CCC1C2)Nc1ccc2c(c1)NC(=O)CS2. The summed E-state index contributed by atoms with van der Waals surface area (Å²) in [5.41, 5.74) is 1.58. The van der Waals surface area contributed by atoms with E-state index in [0.29, 0.717) is 18.1 Å². The molecule has 22 heavy (non-hydrogen) atoms. The maximum Gasteiger partial charge on any atom is 0.234 e. The van der Waals surface area contributed by atoms with Crippen LogP contribution in [0.2, 0.25) is 0 Å². The smallest absolute Gasteiger partial charge is 0.234 e. The molecule has 2 aliphatic carbocycles. The lowest BCUT2D eigenvalue weighted by atomic mass is 9.86. The minimum atomic E-state index is 0.0166. The van der Waals surface area contributed by atoms with E-state index in [9.17, 15) is 9.59 Å². The Labute approximate surface area is 134 Å². The highest BCUT2D eigenvalue weighted by Gasteiger charge is 2.40. The van der Waals surface area contributed by atoms with Gasteiger partial charge in [-0.05, 0) is 55.2 Å². The van der Waals surface area contributed by atoms with Gasteiger partial charge in [0.1, 0.15) is 0 Å². The number of fused-ring (bicyclic) bond motifs is 3. The van der Waals surface area contributed by atoms with Crippen LogP contribution in [-0.2, 0) is 9.59 Å². The van der Waals surface area contributed by atoms with E-state index in [-0.39, 0.29) is 11.8 Å². The van der Waals surface area contributed by atoms with Gasteiger partial charge in [-0.15, -0.1) is 11.8 Å². The number of benzene rings is 1. The van der Waals surface area contributed by atoms with Crippen molar-refractivity contribution in [3.63, 3.8) is 0 Å². The second kappa shape index (κ2) is 5.61. The van der Waals surface area contributed by atoms with Gasteiger partial charge >= 0.3 is 0 Å². The van der Waals surface area contributed by atoms with Crippen molar-refractivity contribution in [2.75, 3.05) is 16.4 Å². The highest BCUT2D eigenvalue weighted by atomic mass is 32.2. The maximum atomic E-state index is 12.3. The van der Waals surface area contributed by atoms with Crippen molar-refractivity contribution >= 4 is 35.0 Å². The van der Waals surface area contributed by atoms with E-state index in [0.717, 1.165) is 28.1 Å². The fourth-order valence-electron chi connectivity index (χ4n) is 4.24. The van der Waals surface area contributed by atoms with Crippen LogP contribution in [0.25, 0.3) is 0 Å². The number of rotatable bonds is 3. The lowest BCUT2D eigenvalue weighted by Crippen LogP contribution is -2.21. The molecule has 5 heteroatoms. The third-order valence-corrected chi connectivity index (χ3v) is 6.30. The Morgan fingerprint density at radius 2 is 2.23 bits per heavy atom. The molecule has 2 saturated carbocycles. The van der Waals surface area contributed by atoms with E-state index in [1.807, 2.05) is 18.2 Å².